The Labute approximate surface area is 108 Å². The number of nitrogens with one attached hydrogen (secondary N) is 2. The van der Waals surface area contributed by atoms with Crippen LogP contribution in [0.15, 0.2) is 18.3 Å². The van der Waals surface area contributed by atoms with Crippen molar-refractivity contribution in [3.05, 3.63) is 23.9 Å². The van der Waals surface area contributed by atoms with E-state index in [-0.39, 0.29) is 25.3 Å². The highest BCUT2D eigenvalue weighted by Crippen LogP contribution is 2.21. The SMILES string of the molecule is NNc1ccc(C(=O)NCCCCC(F)(F)F)cn1. The molecule has 0 aliphatic rings. The van der Waals surface area contributed by atoms with Gasteiger partial charge in [-0.2, -0.15) is 13.2 Å². The fourth-order valence-corrected chi connectivity index (χ4v) is 1.37. The third-order valence-electron chi connectivity index (χ3n) is 2.35. The highest BCUT2D eigenvalue weighted by Gasteiger charge is 2.25. The summed E-state index contributed by atoms with van der Waals surface area (Å²) in [5, 5.41) is 2.52. The minimum atomic E-state index is -4.14. The molecule has 8 heteroatoms. The maximum Gasteiger partial charge on any atom is 0.389 e. The van der Waals surface area contributed by atoms with Gasteiger partial charge in [0.25, 0.3) is 5.91 Å². The molecule has 5 nitrogen and oxygen atoms in total. The van der Waals surface area contributed by atoms with Gasteiger partial charge < -0.3 is 10.7 Å². The third-order valence-corrected chi connectivity index (χ3v) is 2.35. The minimum Gasteiger partial charge on any atom is -0.352 e. The van der Waals surface area contributed by atoms with E-state index in [1.807, 2.05) is 0 Å². The molecular formula is C11H15F3N4O. The molecule has 0 aliphatic carbocycles. The molecular weight excluding hydrogens is 261 g/mol. The number of nitrogens with two attached hydrogens (primary N) is 1. The number of nitrogen functional groups attached to an aromatic ring is 1. The third kappa shape index (κ3) is 6.05. The molecule has 19 heavy (non-hydrogen) atoms. The van der Waals surface area contributed by atoms with Gasteiger partial charge in [0.1, 0.15) is 5.82 Å². The van der Waals surface area contributed by atoms with Crippen LogP contribution < -0.4 is 16.6 Å². The minimum absolute atomic E-state index is 0.00192. The molecule has 0 radical (unpaired) electrons. The Morgan fingerprint density at radius 2 is 2.05 bits per heavy atom. The van der Waals surface area contributed by atoms with E-state index in [9.17, 15) is 18.0 Å². The first-order chi connectivity index (χ1) is 8.92. The number of rotatable bonds is 6. The van der Waals surface area contributed by atoms with Gasteiger partial charge in [-0.3, -0.25) is 4.79 Å². The molecule has 0 bridgehead atoms. The Morgan fingerprint density at radius 3 is 2.58 bits per heavy atom. The van der Waals surface area contributed by atoms with Crippen LogP contribution in [0.3, 0.4) is 0 Å². The number of amides is 1. The van der Waals surface area contributed by atoms with Crippen molar-refractivity contribution in [2.75, 3.05) is 12.0 Å². The Hall–Kier alpha value is -1.83. The van der Waals surface area contributed by atoms with E-state index in [1.54, 1.807) is 0 Å². The van der Waals surface area contributed by atoms with E-state index in [1.165, 1.54) is 18.3 Å². The monoisotopic (exact) mass is 276 g/mol. The molecule has 0 fully saturated rings. The molecule has 1 heterocycles. The molecule has 1 aromatic rings. The van der Waals surface area contributed by atoms with Gasteiger partial charge >= 0.3 is 6.18 Å². The van der Waals surface area contributed by atoms with Gasteiger partial charge in [-0.05, 0) is 25.0 Å². The molecule has 0 atom stereocenters. The summed E-state index contributed by atoms with van der Waals surface area (Å²) >= 11 is 0. The first-order valence-corrected chi connectivity index (χ1v) is 5.70. The van der Waals surface area contributed by atoms with Crippen LogP contribution in [-0.2, 0) is 0 Å². The van der Waals surface area contributed by atoms with Gasteiger partial charge in [0.05, 0.1) is 5.56 Å². The van der Waals surface area contributed by atoms with Crippen molar-refractivity contribution in [1.29, 1.82) is 0 Å². The maximum absolute atomic E-state index is 11.9. The van der Waals surface area contributed by atoms with Crippen LogP contribution in [0.2, 0.25) is 0 Å². The Kier molecular flexibility index (Phi) is 5.56. The summed E-state index contributed by atoms with van der Waals surface area (Å²) in [6.07, 6.45) is -3.36. The lowest BCUT2D eigenvalue weighted by atomic mass is 10.2. The molecule has 1 aromatic heterocycles. The number of hydrogen-bond donors (Lipinski definition) is 3. The van der Waals surface area contributed by atoms with Crippen molar-refractivity contribution in [1.82, 2.24) is 10.3 Å². The number of anilines is 1. The van der Waals surface area contributed by atoms with Crippen LogP contribution in [0.25, 0.3) is 0 Å². The zero-order valence-electron chi connectivity index (χ0n) is 10.1. The van der Waals surface area contributed by atoms with Crippen molar-refractivity contribution in [3.63, 3.8) is 0 Å². The summed E-state index contributed by atoms with van der Waals surface area (Å²) in [5.74, 6) is 5.17. The predicted molar refractivity (Wildman–Crippen MR) is 64.3 cm³/mol. The zero-order chi connectivity index (χ0) is 14.3. The molecule has 1 rings (SSSR count). The molecule has 0 saturated heterocycles. The molecule has 0 spiro atoms. The Morgan fingerprint density at radius 1 is 1.32 bits per heavy atom. The van der Waals surface area contributed by atoms with E-state index in [2.05, 4.69) is 15.7 Å². The largest absolute Gasteiger partial charge is 0.389 e. The number of aromatic nitrogens is 1. The molecule has 0 aromatic carbocycles. The summed E-state index contributed by atoms with van der Waals surface area (Å²) in [5.41, 5.74) is 2.65. The van der Waals surface area contributed by atoms with Gasteiger partial charge in [0.15, 0.2) is 0 Å². The van der Waals surface area contributed by atoms with Gasteiger partial charge in [-0.15, -0.1) is 0 Å². The van der Waals surface area contributed by atoms with Crippen molar-refractivity contribution < 1.29 is 18.0 Å². The lowest BCUT2D eigenvalue weighted by Gasteiger charge is -2.07. The Balaban J connectivity index is 2.27. The van der Waals surface area contributed by atoms with E-state index in [4.69, 9.17) is 5.84 Å². The topological polar surface area (TPSA) is 80.0 Å². The summed E-state index contributed by atoms with van der Waals surface area (Å²) in [6.45, 7) is 0.200. The number of halogens is 3. The van der Waals surface area contributed by atoms with Crippen LogP contribution in [0, 0.1) is 0 Å². The average Bonchev–Trinajstić information content (AvgIpc) is 2.37. The number of unbranched alkanes of at least 4 members (excludes halogenated alkanes) is 1. The van der Waals surface area contributed by atoms with E-state index in [0.717, 1.165) is 0 Å². The molecule has 0 aliphatic heterocycles. The van der Waals surface area contributed by atoms with Crippen molar-refractivity contribution in [2.45, 2.75) is 25.4 Å². The van der Waals surface area contributed by atoms with Gasteiger partial charge in [0.2, 0.25) is 0 Å². The highest BCUT2D eigenvalue weighted by atomic mass is 19.4. The molecule has 0 unspecified atom stereocenters. The highest BCUT2D eigenvalue weighted by molar-refractivity contribution is 5.93. The average molecular weight is 276 g/mol. The smallest absolute Gasteiger partial charge is 0.352 e. The first kappa shape index (κ1) is 15.2. The first-order valence-electron chi connectivity index (χ1n) is 5.70. The second-order valence-corrected chi connectivity index (χ2v) is 3.90. The zero-order valence-corrected chi connectivity index (χ0v) is 10.1. The standard InChI is InChI=1S/C11H15F3N4O/c12-11(13,14)5-1-2-6-16-10(19)8-3-4-9(18-15)17-7-8/h3-4,7H,1-2,5-6,15H2,(H,16,19)(H,17,18). The number of pyridine rings is 1. The number of carbonyl (C=O) groups excluding carboxylic acids is 1. The van der Waals surface area contributed by atoms with E-state index < -0.39 is 12.6 Å². The fraction of sp³-hybridized carbons (Fsp3) is 0.455. The molecule has 0 saturated carbocycles. The van der Waals surface area contributed by atoms with Crippen molar-refractivity contribution in [2.24, 2.45) is 5.84 Å². The lowest BCUT2D eigenvalue weighted by molar-refractivity contribution is -0.135. The van der Waals surface area contributed by atoms with Crippen molar-refractivity contribution >= 4 is 11.7 Å². The van der Waals surface area contributed by atoms with Crippen LogP contribution in [0.4, 0.5) is 19.0 Å². The molecule has 106 valence electrons. The number of hydrazine groups is 1. The van der Waals surface area contributed by atoms with Crippen molar-refractivity contribution in [3.8, 4) is 0 Å². The predicted octanol–water partition coefficient (Wildman–Crippen LogP) is 1.83. The van der Waals surface area contributed by atoms with Crippen LogP contribution in [0.5, 0.6) is 0 Å². The van der Waals surface area contributed by atoms with E-state index in [0.29, 0.717) is 11.4 Å². The number of nitrogens with zero attached hydrogens (tertiary/aromatic N) is 1. The quantitative estimate of drug-likeness (QED) is 0.421. The van der Waals surface area contributed by atoms with Crippen LogP contribution >= 0.6 is 0 Å². The molecule has 1 amide bonds. The van der Waals surface area contributed by atoms with Crippen LogP contribution in [-0.4, -0.2) is 23.6 Å². The second kappa shape index (κ2) is 6.93. The summed E-state index contributed by atoms with van der Waals surface area (Å²) in [7, 11) is 0. The fourth-order valence-electron chi connectivity index (χ4n) is 1.37. The van der Waals surface area contributed by atoms with Gasteiger partial charge in [0, 0.05) is 19.2 Å². The summed E-state index contributed by atoms with van der Waals surface area (Å²) in [4.78, 5) is 15.4. The van der Waals surface area contributed by atoms with E-state index >= 15 is 0 Å². The number of carbonyl (C=O) groups is 1. The van der Waals surface area contributed by atoms with Crippen LogP contribution in [0.1, 0.15) is 29.6 Å². The second-order valence-electron chi connectivity index (χ2n) is 3.90. The maximum atomic E-state index is 11.9. The number of hydrogen-bond acceptors (Lipinski definition) is 4. The number of alkyl halides is 3. The summed E-state index contributed by atoms with van der Waals surface area (Å²) < 4.78 is 35.6. The normalized spacial score (nSPS) is 11.2. The molecule has 4 N–H and O–H groups in total. The summed E-state index contributed by atoms with van der Waals surface area (Å²) in [6, 6.07) is 3.05. The van der Waals surface area contributed by atoms with Gasteiger partial charge in [-0.25, -0.2) is 10.8 Å². The van der Waals surface area contributed by atoms with Gasteiger partial charge in [-0.1, -0.05) is 0 Å². The lowest BCUT2D eigenvalue weighted by Crippen LogP contribution is -2.25. The Bertz CT molecular complexity index is 405.